The number of rotatable bonds is 3. The topological polar surface area (TPSA) is 55.1 Å². The van der Waals surface area contributed by atoms with E-state index in [1.54, 1.807) is 6.92 Å². The Hall–Kier alpha value is -0.570. The third-order valence-corrected chi connectivity index (χ3v) is 4.07. The van der Waals surface area contributed by atoms with Crippen LogP contribution in [0.5, 0.6) is 0 Å². The Labute approximate surface area is 99.2 Å². The van der Waals surface area contributed by atoms with Crippen LogP contribution in [0.2, 0.25) is 0 Å². The molecule has 0 spiro atoms. The van der Waals surface area contributed by atoms with Gasteiger partial charge in [0, 0.05) is 6.04 Å². The average Bonchev–Trinajstić information content (AvgIpc) is 2.21. The molecule has 1 amide bonds. The first kappa shape index (κ1) is 13.5. The Balaban J connectivity index is 2.62. The Morgan fingerprint density at radius 2 is 2.12 bits per heavy atom. The quantitative estimate of drug-likeness (QED) is 0.775. The van der Waals surface area contributed by atoms with Crippen LogP contribution in [0.25, 0.3) is 0 Å². The molecule has 16 heavy (non-hydrogen) atoms. The third-order valence-electron chi connectivity index (χ3n) is 4.07. The highest BCUT2D eigenvalue weighted by Crippen LogP contribution is 2.35. The fraction of sp³-hybridized carbons (Fsp3) is 0.923. The summed E-state index contributed by atoms with van der Waals surface area (Å²) in [5, 5.41) is 3.14. The molecule has 3 heteroatoms. The van der Waals surface area contributed by atoms with E-state index in [-0.39, 0.29) is 17.4 Å². The summed E-state index contributed by atoms with van der Waals surface area (Å²) in [6.07, 6.45) is 5.42. The maximum absolute atomic E-state index is 12.0. The lowest BCUT2D eigenvalue weighted by molar-refractivity contribution is -0.127. The van der Waals surface area contributed by atoms with Crippen molar-refractivity contribution in [3.8, 4) is 0 Å². The summed E-state index contributed by atoms with van der Waals surface area (Å²) >= 11 is 0. The van der Waals surface area contributed by atoms with Crippen LogP contribution in [-0.2, 0) is 4.79 Å². The van der Waals surface area contributed by atoms with Gasteiger partial charge in [0.15, 0.2) is 0 Å². The molecule has 0 aromatic carbocycles. The van der Waals surface area contributed by atoms with E-state index in [1.807, 2.05) is 6.92 Å². The van der Waals surface area contributed by atoms with E-state index in [1.165, 1.54) is 19.3 Å². The highest BCUT2D eigenvalue weighted by Gasteiger charge is 2.36. The largest absolute Gasteiger partial charge is 0.351 e. The zero-order valence-electron chi connectivity index (χ0n) is 11.1. The maximum Gasteiger partial charge on any atom is 0.240 e. The molecule has 1 rings (SSSR count). The van der Waals surface area contributed by atoms with Gasteiger partial charge in [-0.3, -0.25) is 4.79 Å². The van der Waals surface area contributed by atoms with Crippen molar-refractivity contribution in [2.24, 2.45) is 11.1 Å². The smallest absolute Gasteiger partial charge is 0.240 e. The van der Waals surface area contributed by atoms with Crippen molar-refractivity contribution in [2.45, 2.75) is 71.4 Å². The van der Waals surface area contributed by atoms with Gasteiger partial charge in [0.05, 0.1) is 5.54 Å². The standard InChI is InChI=1S/C13H26N2O/c1-5-13(4,14)11(16)15-10-8-6-7-9-12(10,2)3/h10H,5-9,14H2,1-4H3,(H,15,16). The molecule has 0 aromatic heterocycles. The summed E-state index contributed by atoms with van der Waals surface area (Å²) in [4.78, 5) is 12.0. The molecule has 1 fully saturated rings. The van der Waals surface area contributed by atoms with Gasteiger partial charge < -0.3 is 11.1 Å². The summed E-state index contributed by atoms with van der Waals surface area (Å²) in [5.41, 5.74) is 5.43. The number of nitrogens with one attached hydrogen (secondary N) is 1. The van der Waals surface area contributed by atoms with Crippen LogP contribution in [0.4, 0.5) is 0 Å². The molecule has 3 nitrogen and oxygen atoms in total. The molecular weight excluding hydrogens is 200 g/mol. The number of nitrogens with two attached hydrogens (primary N) is 1. The van der Waals surface area contributed by atoms with Gasteiger partial charge in [0.1, 0.15) is 0 Å². The first-order chi connectivity index (χ1) is 7.29. The SMILES string of the molecule is CCC(C)(N)C(=O)NC1CCCCC1(C)C. The van der Waals surface area contributed by atoms with Crippen molar-refractivity contribution >= 4 is 5.91 Å². The fourth-order valence-corrected chi connectivity index (χ4v) is 2.25. The number of carbonyl (C=O) groups excluding carboxylic acids is 1. The van der Waals surface area contributed by atoms with E-state index >= 15 is 0 Å². The molecule has 1 saturated carbocycles. The van der Waals surface area contributed by atoms with E-state index in [0.717, 1.165) is 6.42 Å². The summed E-state index contributed by atoms with van der Waals surface area (Å²) < 4.78 is 0. The van der Waals surface area contributed by atoms with Crippen LogP contribution in [-0.4, -0.2) is 17.5 Å². The van der Waals surface area contributed by atoms with E-state index in [2.05, 4.69) is 19.2 Å². The zero-order valence-corrected chi connectivity index (χ0v) is 11.1. The Morgan fingerprint density at radius 3 is 2.62 bits per heavy atom. The third kappa shape index (κ3) is 2.97. The number of hydrogen-bond donors (Lipinski definition) is 2. The summed E-state index contributed by atoms with van der Waals surface area (Å²) in [6, 6.07) is 0.281. The summed E-state index contributed by atoms with van der Waals surface area (Å²) in [5.74, 6) is -0.00465. The van der Waals surface area contributed by atoms with E-state index in [0.29, 0.717) is 6.42 Å². The van der Waals surface area contributed by atoms with Gasteiger partial charge in [0.2, 0.25) is 5.91 Å². The highest BCUT2D eigenvalue weighted by atomic mass is 16.2. The summed E-state index contributed by atoms with van der Waals surface area (Å²) in [7, 11) is 0. The Bertz CT molecular complexity index is 259. The molecule has 0 saturated heterocycles. The Morgan fingerprint density at radius 1 is 1.50 bits per heavy atom. The normalized spacial score (nSPS) is 28.2. The molecule has 3 N–H and O–H groups in total. The zero-order chi connectivity index (χ0) is 12.4. The van der Waals surface area contributed by atoms with Crippen LogP contribution in [0, 0.1) is 5.41 Å². The van der Waals surface area contributed by atoms with E-state index < -0.39 is 5.54 Å². The minimum atomic E-state index is -0.729. The van der Waals surface area contributed by atoms with Gasteiger partial charge >= 0.3 is 0 Å². The van der Waals surface area contributed by atoms with Crippen molar-refractivity contribution in [1.29, 1.82) is 0 Å². The predicted octanol–water partition coefficient (Wildman–Crippen LogP) is 2.20. The van der Waals surface area contributed by atoms with Crippen LogP contribution < -0.4 is 11.1 Å². The first-order valence-electron chi connectivity index (χ1n) is 6.39. The second-order valence-corrected chi connectivity index (χ2v) is 6.03. The van der Waals surface area contributed by atoms with Crippen LogP contribution in [0.15, 0.2) is 0 Å². The molecule has 1 aliphatic carbocycles. The second kappa shape index (κ2) is 4.74. The van der Waals surface area contributed by atoms with Gasteiger partial charge in [-0.2, -0.15) is 0 Å². The predicted molar refractivity (Wildman–Crippen MR) is 67.1 cm³/mol. The number of carbonyl (C=O) groups is 1. The van der Waals surface area contributed by atoms with Crippen molar-refractivity contribution in [1.82, 2.24) is 5.32 Å². The van der Waals surface area contributed by atoms with Gasteiger partial charge in [0.25, 0.3) is 0 Å². The molecule has 0 aromatic rings. The number of hydrogen-bond acceptors (Lipinski definition) is 2. The fourth-order valence-electron chi connectivity index (χ4n) is 2.25. The molecule has 0 aliphatic heterocycles. The molecule has 2 unspecified atom stereocenters. The average molecular weight is 226 g/mol. The molecule has 94 valence electrons. The monoisotopic (exact) mass is 226 g/mol. The van der Waals surface area contributed by atoms with Crippen LogP contribution in [0.3, 0.4) is 0 Å². The van der Waals surface area contributed by atoms with Crippen LogP contribution >= 0.6 is 0 Å². The summed E-state index contributed by atoms with van der Waals surface area (Å²) in [6.45, 7) is 8.22. The molecule has 0 radical (unpaired) electrons. The molecule has 0 heterocycles. The van der Waals surface area contributed by atoms with Gasteiger partial charge in [-0.25, -0.2) is 0 Å². The Kier molecular flexibility index (Phi) is 4.00. The molecule has 0 bridgehead atoms. The van der Waals surface area contributed by atoms with E-state index in [9.17, 15) is 4.79 Å². The van der Waals surface area contributed by atoms with Crippen molar-refractivity contribution in [3.05, 3.63) is 0 Å². The number of amides is 1. The minimum absolute atomic E-state index is 0.00465. The first-order valence-corrected chi connectivity index (χ1v) is 6.39. The van der Waals surface area contributed by atoms with E-state index in [4.69, 9.17) is 5.73 Å². The lowest BCUT2D eigenvalue weighted by atomic mass is 9.73. The van der Waals surface area contributed by atoms with Crippen molar-refractivity contribution in [3.63, 3.8) is 0 Å². The van der Waals surface area contributed by atoms with Crippen molar-refractivity contribution < 1.29 is 4.79 Å². The van der Waals surface area contributed by atoms with Gasteiger partial charge in [-0.05, 0) is 31.6 Å². The molecular formula is C13H26N2O. The molecule has 1 aliphatic rings. The van der Waals surface area contributed by atoms with Gasteiger partial charge in [-0.15, -0.1) is 0 Å². The maximum atomic E-state index is 12.0. The minimum Gasteiger partial charge on any atom is -0.351 e. The van der Waals surface area contributed by atoms with Crippen LogP contribution in [0.1, 0.15) is 59.8 Å². The highest BCUT2D eigenvalue weighted by molar-refractivity contribution is 5.85. The lowest BCUT2D eigenvalue weighted by Crippen LogP contribution is -2.57. The van der Waals surface area contributed by atoms with Gasteiger partial charge in [-0.1, -0.05) is 33.6 Å². The van der Waals surface area contributed by atoms with Crippen molar-refractivity contribution in [2.75, 3.05) is 0 Å². The lowest BCUT2D eigenvalue weighted by Gasteiger charge is -2.40. The molecule has 2 atom stereocenters. The second-order valence-electron chi connectivity index (χ2n) is 6.03.